The van der Waals surface area contributed by atoms with Crippen molar-refractivity contribution in [2.45, 2.75) is 25.2 Å². The van der Waals surface area contributed by atoms with Gasteiger partial charge in [0.1, 0.15) is 11.5 Å². The van der Waals surface area contributed by atoms with E-state index in [9.17, 15) is 8.42 Å². The first-order valence-electron chi connectivity index (χ1n) is 6.99. The molecule has 1 heterocycles. The molecule has 1 aromatic carbocycles. The van der Waals surface area contributed by atoms with Crippen molar-refractivity contribution in [3.05, 3.63) is 53.5 Å². The Morgan fingerprint density at radius 1 is 1.14 bits per heavy atom. The normalized spacial score (nSPS) is 11.5. The van der Waals surface area contributed by atoms with Crippen LogP contribution in [0.3, 0.4) is 0 Å². The third kappa shape index (κ3) is 3.79. The van der Waals surface area contributed by atoms with Gasteiger partial charge in [-0.1, -0.05) is 23.6 Å². The molecule has 5 heteroatoms. The average molecular weight is 317 g/mol. The molecule has 0 unspecified atom stereocenters. The summed E-state index contributed by atoms with van der Waals surface area (Å²) in [5.74, 6) is 3.97. The number of benzene rings is 1. The highest BCUT2D eigenvalue weighted by atomic mass is 32.2. The highest BCUT2D eigenvalue weighted by Crippen LogP contribution is 2.17. The van der Waals surface area contributed by atoms with Crippen molar-refractivity contribution < 1.29 is 12.8 Å². The molecule has 4 nitrogen and oxygen atoms in total. The fourth-order valence-electron chi connectivity index (χ4n) is 2.10. The smallest absolute Gasteiger partial charge is 0.243 e. The quantitative estimate of drug-likeness (QED) is 0.770. The van der Waals surface area contributed by atoms with Gasteiger partial charge in [0.2, 0.25) is 10.0 Å². The SMILES string of the molecule is C#CCN(CCc1ccc(C)o1)S(=O)(=O)c1ccc(C)cc1. The van der Waals surface area contributed by atoms with Crippen LogP contribution in [0.1, 0.15) is 17.1 Å². The standard InChI is InChI=1S/C17H19NO3S/c1-4-12-18(13-11-16-8-7-15(3)21-16)22(19,20)17-9-5-14(2)6-10-17/h1,5-10H,11-13H2,2-3H3. The van der Waals surface area contributed by atoms with Crippen LogP contribution < -0.4 is 0 Å². The molecule has 0 amide bonds. The van der Waals surface area contributed by atoms with Gasteiger partial charge < -0.3 is 4.42 Å². The zero-order valence-corrected chi connectivity index (χ0v) is 13.6. The predicted molar refractivity (Wildman–Crippen MR) is 85.9 cm³/mol. The number of hydrogen-bond donors (Lipinski definition) is 0. The van der Waals surface area contributed by atoms with E-state index in [4.69, 9.17) is 10.8 Å². The molecule has 0 saturated carbocycles. The van der Waals surface area contributed by atoms with Gasteiger partial charge in [0.25, 0.3) is 0 Å². The minimum absolute atomic E-state index is 0.0376. The Kier molecular flexibility index (Phi) is 5.07. The van der Waals surface area contributed by atoms with Crippen LogP contribution in [0.25, 0.3) is 0 Å². The predicted octanol–water partition coefficient (Wildman–Crippen LogP) is 2.76. The Morgan fingerprint density at radius 2 is 1.82 bits per heavy atom. The number of hydrogen-bond acceptors (Lipinski definition) is 3. The van der Waals surface area contributed by atoms with Gasteiger partial charge in [0.15, 0.2) is 0 Å². The van der Waals surface area contributed by atoms with Crippen LogP contribution in [0, 0.1) is 26.2 Å². The highest BCUT2D eigenvalue weighted by molar-refractivity contribution is 7.89. The second kappa shape index (κ2) is 6.82. The molecule has 0 N–H and O–H groups in total. The minimum atomic E-state index is -3.59. The molecule has 116 valence electrons. The zero-order chi connectivity index (χ0) is 16.2. The minimum Gasteiger partial charge on any atom is -0.466 e. The van der Waals surface area contributed by atoms with Crippen molar-refractivity contribution in [3.8, 4) is 12.3 Å². The van der Waals surface area contributed by atoms with Gasteiger partial charge >= 0.3 is 0 Å². The summed E-state index contributed by atoms with van der Waals surface area (Å²) < 4.78 is 32.1. The topological polar surface area (TPSA) is 50.5 Å². The van der Waals surface area contributed by atoms with E-state index in [2.05, 4.69) is 5.92 Å². The lowest BCUT2D eigenvalue weighted by molar-refractivity contribution is 0.418. The zero-order valence-electron chi connectivity index (χ0n) is 12.7. The lowest BCUT2D eigenvalue weighted by Crippen LogP contribution is -2.33. The van der Waals surface area contributed by atoms with Gasteiger partial charge in [-0.15, -0.1) is 6.42 Å². The van der Waals surface area contributed by atoms with Gasteiger partial charge in [-0.3, -0.25) is 0 Å². The van der Waals surface area contributed by atoms with Crippen LogP contribution in [0.4, 0.5) is 0 Å². The Balaban J connectivity index is 2.18. The maximum Gasteiger partial charge on any atom is 0.243 e. The fourth-order valence-corrected chi connectivity index (χ4v) is 3.45. The number of sulfonamides is 1. The summed E-state index contributed by atoms with van der Waals surface area (Å²) in [4.78, 5) is 0.254. The van der Waals surface area contributed by atoms with E-state index in [0.717, 1.165) is 17.1 Å². The lowest BCUT2D eigenvalue weighted by atomic mass is 10.2. The number of terminal acetylenes is 1. The fraction of sp³-hybridized carbons (Fsp3) is 0.294. The van der Waals surface area contributed by atoms with Crippen molar-refractivity contribution in [1.82, 2.24) is 4.31 Å². The van der Waals surface area contributed by atoms with Crippen LogP contribution in [-0.2, 0) is 16.4 Å². The molecule has 0 radical (unpaired) electrons. The molecule has 0 spiro atoms. The van der Waals surface area contributed by atoms with E-state index in [1.807, 2.05) is 26.0 Å². The van der Waals surface area contributed by atoms with Crippen LogP contribution in [0.2, 0.25) is 0 Å². The molecular formula is C17H19NO3S. The van der Waals surface area contributed by atoms with Crippen molar-refractivity contribution in [1.29, 1.82) is 0 Å². The van der Waals surface area contributed by atoms with Crippen molar-refractivity contribution in [3.63, 3.8) is 0 Å². The molecular weight excluding hydrogens is 298 g/mol. The highest BCUT2D eigenvalue weighted by Gasteiger charge is 2.23. The molecule has 0 saturated heterocycles. The summed E-state index contributed by atoms with van der Waals surface area (Å²) in [6.45, 7) is 4.09. The second-order valence-corrected chi connectivity index (χ2v) is 7.06. The summed E-state index contributed by atoms with van der Waals surface area (Å²) >= 11 is 0. The number of furan rings is 1. The molecule has 2 rings (SSSR count). The summed E-state index contributed by atoms with van der Waals surface area (Å²) in [5, 5.41) is 0. The van der Waals surface area contributed by atoms with Crippen LogP contribution in [-0.4, -0.2) is 25.8 Å². The van der Waals surface area contributed by atoms with Crippen molar-refractivity contribution in [2.75, 3.05) is 13.1 Å². The van der Waals surface area contributed by atoms with E-state index in [1.165, 1.54) is 4.31 Å². The van der Waals surface area contributed by atoms with Crippen LogP contribution in [0.5, 0.6) is 0 Å². The van der Waals surface area contributed by atoms with Crippen LogP contribution in [0.15, 0.2) is 45.7 Å². The molecule has 1 aromatic heterocycles. The first kappa shape index (κ1) is 16.3. The molecule has 0 atom stereocenters. The van der Waals surface area contributed by atoms with E-state index in [1.54, 1.807) is 24.3 Å². The molecule has 22 heavy (non-hydrogen) atoms. The Hall–Kier alpha value is -2.03. The van der Waals surface area contributed by atoms with Gasteiger partial charge in [-0.05, 0) is 38.1 Å². The maximum atomic E-state index is 12.7. The first-order chi connectivity index (χ1) is 10.4. The molecule has 0 fully saturated rings. The molecule has 0 aliphatic carbocycles. The maximum absolute atomic E-state index is 12.7. The lowest BCUT2D eigenvalue weighted by Gasteiger charge is -2.19. The number of rotatable bonds is 6. The van der Waals surface area contributed by atoms with E-state index < -0.39 is 10.0 Å². The van der Waals surface area contributed by atoms with Gasteiger partial charge in [0, 0.05) is 13.0 Å². The molecule has 0 bridgehead atoms. The van der Waals surface area contributed by atoms with E-state index in [-0.39, 0.29) is 18.0 Å². The largest absolute Gasteiger partial charge is 0.466 e. The first-order valence-corrected chi connectivity index (χ1v) is 8.43. The average Bonchev–Trinajstić information content (AvgIpc) is 2.89. The molecule has 0 aliphatic heterocycles. The Labute approximate surface area is 131 Å². The third-order valence-electron chi connectivity index (χ3n) is 3.33. The summed E-state index contributed by atoms with van der Waals surface area (Å²) in [7, 11) is -3.59. The van der Waals surface area contributed by atoms with E-state index in [0.29, 0.717) is 6.42 Å². The number of nitrogens with zero attached hydrogens (tertiary/aromatic N) is 1. The van der Waals surface area contributed by atoms with Crippen LogP contribution >= 0.6 is 0 Å². The van der Waals surface area contributed by atoms with Crippen molar-refractivity contribution >= 4 is 10.0 Å². The van der Waals surface area contributed by atoms with Gasteiger partial charge in [-0.2, -0.15) is 4.31 Å². The Bertz CT molecular complexity index is 767. The van der Waals surface area contributed by atoms with Crippen molar-refractivity contribution in [2.24, 2.45) is 0 Å². The summed E-state index contributed by atoms with van der Waals surface area (Å²) in [6, 6.07) is 10.5. The number of aryl methyl sites for hydroxylation is 2. The molecule has 0 aliphatic rings. The monoisotopic (exact) mass is 317 g/mol. The van der Waals surface area contributed by atoms with Gasteiger partial charge in [-0.25, -0.2) is 8.42 Å². The second-order valence-electron chi connectivity index (χ2n) is 5.12. The Morgan fingerprint density at radius 3 is 2.36 bits per heavy atom. The van der Waals surface area contributed by atoms with Gasteiger partial charge in [0.05, 0.1) is 11.4 Å². The van der Waals surface area contributed by atoms with E-state index >= 15 is 0 Å². The molecule has 2 aromatic rings. The summed E-state index contributed by atoms with van der Waals surface area (Å²) in [6.07, 6.45) is 5.81. The third-order valence-corrected chi connectivity index (χ3v) is 5.19. The summed E-state index contributed by atoms with van der Waals surface area (Å²) in [5.41, 5.74) is 1.01.